The molecule has 0 unspecified atom stereocenters. The van der Waals surface area contributed by atoms with E-state index in [9.17, 15) is 9.59 Å². The van der Waals surface area contributed by atoms with E-state index in [1.807, 2.05) is 0 Å². The number of rotatable bonds is 3. The molecule has 1 heterocycles. The van der Waals surface area contributed by atoms with Gasteiger partial charge in [-0.15, -0.1) is 11.6 Å². The highest BCUT2D eigenvalue weighted by atomic mass is 35.5. The number of likely N-dealkylation sites (tertiary alicyclic amines) is 1. The van der Waals surface area contributed by atoms with Crippen LogP contribution < -0.4 is 5.32 Å². The predicted octanol–water partition coefficient (Wildman–Crippen LogP) is 0.878. The minimum absolute atomic E-state index is 0.187. The van der Waals surface area contributed by atoms with Gasteiger partial charge in [-0.2, -0.15) is 0 Å². The third kappa shape index (κ3) is 4.16. The summed E-state index contributed by atoms with van der Waals surface area (Å²) in [4.78, 5) is 26.7. The number of nitrogens with zero attached hydrogens (tertiary/aromatic N) is 2. The minimum Gasteiger partial charge on any atom is -0.324 e. The normalized spacial score (nSPS) is 17.8. The van der Waals surface area contributed by atoms with E-state index in [1.54, 1.807) is 11.9 Å². The molecule has 5 nitrogen and oxygen atoms in total. The van der Waals surface area contributed by atoms with E-state index < -0.39 is 5.91 Å². The Hall–Kier alpha value is -0.810. The molecule has 1 saturated heterocycles. The second-order valence-corrected chi connectivity index (χ2v) is 4.53. The maximum atomic E-state index is 11.7. The molecule has 0 saturated carbocycles. The smallest absolute Gasteiger partial charge is 0.324 e. The van der Waals surface area contributed by atoms with Gasteiger partial charge in [-0.3, -0.25) is 10.1 Å². The highest BCUT2D eigenvalue weighted by molar-refractivity contribution is 6.28. The number of hydrogen-bond acceptors (Lipinski definition) is 3. The molecule has 1 fully saturated rings. The first-order valence-corrected chi connectivity index (χ1v) is 6.46. The van der Waals surface area contributed by atoms with Crippen molar-refractivity contribution in [1.82, 2.24) is 15.1 Å². The Morgan fingerprint density at radius 1 is 1.41 bits per heavy atom. The van der Waals surface area contributed by atoms with Gasteiger partial charge in [0.05, 0.1) is 0 Å². The van der Waals surface area contributed by atoms with Crippen LogP contribution in [-0.4, -0.2) is 60.3 Å². The SMILES string of the molecule is CCN1CCC(N(C)C(=O)NC(=O)CCl)CC1. The summed E-state index contributed by atoms with van der Waals surface area (Å²) in [5.41, 5.74) is 0. The highest BCUT2D eigenvalue weighted by Gasteiger charge is 2.25. The number of amides is 3. The van der Waals surface area contributed by atoms with Gasteiger partial charge in [-0.05, 0) is 19.4 Å². The summed E-state index contributed by atoms with van der Waals surface area (Å²) in [5.74, 6) is -0.636. The lowest BCUT2D eigenvalue weighted by molar-refractivity contribution is -0.117. The van der Waals surface area contributed by atoms with Gasteiger partial charge in [0.2, 0.25) is 5.91 Å². The van der Waals surface area contributed by atoms with Crippen LogP contribution in [0.3, 0.4) is 0 Å². The molecule has 0 aromatic rings. The molecular formula is C11H20ClN3O2. The van der Waals surface area contributed by atoms with Crippen molar-refractivity contribution in [3.63, 3.8) is 0 Å². The monoisotopic (exact) mass is 261 g/mol. The van der Waals surface area contributed by atoms with Crippen LogP contribution in [0.1, 0.15) is 19.8 Å². The maximum absolute atomic E-state index is 11.7. The van der Waals surface area contributed by atoms with Gasteiger partial charge < -0.3 is 9.80 Å². The summed E-state index contributed by atoms with van der Waals surface area (Å²) in [7, 11) is 1.73. The largest absolute Gasteiger partial charge is 0.324 e. The summed E-state index contributed by atoms with van der Waals surface area (Å²) in [6.07, 6.45) is 1.90. The van der Waals surface area contributed by atoms with E-state index in [0.29, 0.717) is 0 Å². The van der Waals surface area contributed by atoms with Crippen molar-refractivity contribution in [2.75, 3.05) is 32.6 Å². The molecule has 17 heavy (non-hydrogen) atoms. The van der Waals surface area contributed by atoms with Gasteiger partial charge in [-0.25, -0.2) is 4.79 Å². The van der Waals surface area contributed by atoms with Gasteiger partial charge in [0.25, 0.3) is 0 Å². The van der Waals surface area contributed by atoms with Crippen molar-refractivity contribution in [3.8, 4) is 0 Å². The topological polar surface area (TPSA) is 52.6 Å². The van der Waals surface area contributed by atoms with E-state index in [2.05, 4.69) is 17.1 Å². The van der Waals surface area contributed by atoms with E-state index in [1.165, 1.54) is 0 Å². The quantitative estimate of drug-likeness (QED) is 0.768. The van der Waals surface area contributed by atoms with Crippen LogP contribution in [-0.2, 0) is 4.79 Å². The molecule has 1 aliphatic rings. The van der Waals surface area contributed by atoms with Crippen LogP contribution in [0.5, 0.6) is 0 Å². The third-order valence-electron chi connectivity index (χ3n) is 3.24. The number of alkyl halides is 1. The van der Waals surface area contributed by atoms with Gasteiger partial charge in [0.15, 0.2) is 0 Å². The molecule has 0 bridgehead atoms. The number of nitrogens with one attached hydrogen (secondary N) is 1. The van der Waals surface area contributed by atoms with Gasteiger partial charge in [0.1, 0.15) is 5.88 Å². The molecule has 98 valence electrons. The third-order valence-corrected chi connectivity index (χ3v) is 3.48. The highest BCUT2D eigenvalue weighted by Crippen LogP contribution is 2.14. The number of carbonyl (C=O) groups is 2. The lowest BCUT2D eigenvalue weighted by Crippen LogP contribution is -2.50. The van der Waals surface area contributed by atoms with E-state index >= 15 is 0 Å². The molecule has 0 spiro atoms. The first kappa shape index (κ1) is 14.3. The van der Waals surface area contributed by atoms with Crippen molar-refractivity contribution < 1.29 is 9.59 Å². The van der Waals surface area contributed by atoms with Crippen molar-refractivity contribution in [1.29, 1.82) is 0 Å². The number of piperidine rings is 1. The molecule has 0 aromatic heterocycles. The zero-order chi connectivity index (χ0) is 12.8. The maximum Gasteiger partial charge on any atom is 0.324 e. The fourth-order valence-corrected chi connectivity index (χ4v) is 2.10. The van der Waals surface area contributed by atoms with Crippen LogP contribution in [0, 0.1) is 0 Å². The Balaban J connectivity index is 2.40. The number of hydrogen-bond donors (Lipinski definition) is 1. The van der Waals surface area contributed by atoms with E-state index in [4.69, 9.17) is 11.6 Å². The Labute approximate surface area is 107 Å². The zero-order valence-electron chi connectivity index (χ0n) is 10.4. The minimum atomic E-state index is -0.450. The zero-order valence-corrected chi connectivity index (χ0v) is 11.2. The average molecular weight is 262 g/mol. The van der Waals surface area contributed by atoms with E-state index in [0.717, 1.165) is 32.5 Å². The van der Waals surface area contributed by atoms with Crippen molar-refractivity contribution in [2.24, 2.45) is 0 Å². The Morgan fingerprint density at radius 2 is 2.00 bits per heavy atom. The molecule has 0 aromatic carbocycles. The predicted molar refractivity (Wildman–Crippen MR) is 67.2 cm³/mol. The number of halogens is 1. The van der Waals surface area contributed by atoms with Gasteiger partial charge in [0, 0.05) is 26.2 Å². The molecule has 1 rings (SSSR count). The number of imide groups is 1. The van der Waals surface area contributed by atoms with Crippen LogP contribution in [0.4, 0.5) is 4.79 Å². The first-order valence-electron chi connectivity index (χ1n) is 5.93. The summed E-state index contributed by atoms with van der Waals surface area (Å²) < 4.78 is 0. The lowest BCUT2D eigenvalue weighted by atomic mass is 10.0. The molecule has 0 aliphatic carbocycles. The van der Waals surface area contributed by atoms with Crippen LogP contribution in [0.2, 0.25) is 0 Å². The van der Waals surface area contributed by atoms with Gasteiger partial charge in [-0.1, -0.05) is 6.92 Å². The fraction of sp³-hybridized carbons (Fsp3) is 0.818. The lowest BCUT2D eigenvalue weighted by Gasteiger charge is -2.36. The summed E-state index contributed by atoms with van der Waals surface area (Å²) >= 11 is 5.33. The standard InChI is InChI=1S/C11H20ClN3O2/c1-3-15-6-4-9(5-7-15)14(2)11(17)13-10(16)8-12/h9H,3-8H2,1-2H3,(H,13,16,17). The van der Waals surface area contributed by atoms with Crippen molar-refractivity contribution >= 4 is 23.5 Å². The Morgan fingerprint density at radius 3 is 2.47 bits per heavy atom. The molecule has 6 heteroatoms. The van der Waals surface area contributed by atoms with Crippen molar-refractivity contribution in [2.45, 2.75) is 25.8 Å². The van der Waals surface area contributed by atoms with Crippen LogP contribution in [0.25, 0.3) is 0 Å². The van der Waals surface area contributed by atoms with Crippen molar-refractivity contribution in [3.05, 3.63) is 0 Å². The fourth-order valence-electron chi connectivity index (χ4n) is 2.03. The molecular weight excluding hydrogens is 242 g/mol. The van der Waals surface area contributed by atoms with Crippen LogP contribution in [0.15, 0.2) is 0 Å². The Bertz CT molecular complexity index is 278. The number of carbonyl (C=O) groups excluding carboxylic acids is 2. The summed E-state index contributed by atoms with van der Waals surface area (Å²) in [6.45, 7) is 5.19. The van der Waals surface area contributed by atoms with Crippen LogP contribution >= 0.6 is 11.6 Å². The second-order valence-electron chi connectivity index (χ2n) is 4.26. The van der Waals surface area contributed by atoms with E-state index in [-0.39, 0.29) is 18.0 Å². The van der Waals surface area contributed by atoms with Gasteiger partial charge >= 0.3 is 6.03 Å². The molecule has 1 N–H and O–H groups in total. The summed E-state index contributed by atoms with van der Waals surface area (Å²) in [6, 6.07) is -0.147. The molecule has 1 aliphatic heterocycles. The second kappa shape index (κ2) is 6.81. The average Bonchev–Trinajstić information content (AvgIpc) is 2.37. The molecule has 3 amide bonds. The Kier molecular flexibility index (Phi) is 5.71. The molecule has 0 radical (unpaired) electrons. The number of urea groups is 1. The molecule has 0 atom stereocenters. The first-order chi connectivity index (χ1) is 8.08. The summed E-state index contributed by atoms with van der Waals surface area (Å²) in [5, 5.41) is 2.25.